The number of rotatable bonds is 8. The van der Waals surface area contributed by atoms with Gasteiger partial charge in [-0.15, -0.1) is 0 Å². The molecule has 1 aliphatic carbocycles. The monoisotopic (exact) mass is 498 g/mol. The van der Waals surface area contributed by atoms with Crippen molar-refractivity contribution >= 4 is 32.4 Å². The van der Waals surface area contributed by atoms with Crippen LogP contribution in [-0.4, -0.2) is 50.4 Å². The first kappa shape index (κ1) is 23.6. The van der Waals surface area contributed by atoms with Crippen LogP contribution in [0.2, 0.25) is 5.02 Å². The minimum atomic E-state index is -3.54. The summed E-state index contributed by atoms with van der Waals surface area (Å²) in [6.45, 7) is 3.60. The minimum Gasteiger partial charge on any atom is -0.489 e. The molecule has 0 N–H and O–H groups in total. The summed E-state index contributed by atoms with van der Waals surface area (Å²) in [5, 5.41) is 2.66. The van der Waals surface area contributed by atoms with Crippen LogP contribution in [-0.2, 0) is 16.6 Å². The van der Waals surface area contributed by atoms with E-state index >= 15 is 0 Å². The van der Waals surface area contributed by atoms with Gasteiger partial charge in [0.1, 0.15) is 5.75 Å². The number of sulfonamides is 1. The molecular weight excluding hydrogens is 468 g/mol. The molecule has 34 heavy (non-hydrogen) atoms. The average Bonchev–Trinajstić information content (AvgIpc) is 3.32. The van der Waals surface area contributed by atoms with Gasteiger partial charge in [-0.05, 0) is 79.2 Å². The fraction of sp³-hybridized carbons (Fsp3) is 0.407. The number of fused-ring (bicyclic) bond motifs is 1. The fourth-order valence-electron chi connectivity index (χ4n) is 5.02. The highest BCUT2D eigenvalue weighted by molar-refractivity contribution is 7.89. The van der Waals surface area contributed by atoms with E-state index < -0.39 is 10.0 Å². The van der Waals surface area contributed by atoms with E-state index in [2.05, 4.69) is 11.0 Å². The Morgan fingerprint density at radius 2 is 1.74 bits per heavy atom. The van der Waals surface area contributed by atoms with Gasteiger partial charge in [-0.3, -0.25) is 4.90 Å². The molecule has 2 aliphatic rings. The van der Waals surface area contributed by atoms with E-state index in [-0.39, 0.29) is 12.0 Å². The van der Waals surface area contributed by atoms with E-state index in [0.29, 0.717) is 16.5 Å². The van der Waals surface area contributed by atoms with Gasteiger partial charge in [0, 0.05) is 20.1 Å². The zero-order valence-corrected chi connectivity index (χ0v) is 21.1. The Labute approximate surface area is 207 Å². The van der Waals surface area contributed by atoms with Crippen molar-refractivity contribution in [1.29, 1.82) is 0 Å². The second-order valence-electron chi connectivity index (χ2n) is 9.58. The summed E-state index contributed by atoms with van der Waals surface area (Å²) < 4.78 is 33.9. The van der Waals surface area contributed by atoms with Gasteiger partial charge in [0.25, 0.3) is 0 Å². The second kappa shape index (κ2) is 9.86. The maximum atomic E-state index is 13.1. The van der Waals surface area contributed by atoms with Crippen molar-refractivity contribution < 1.29 is 13.2 Å². The van der Waals surface area contributed by atoms with Crippen molar-refractivity contribution in [3.63, 3.8) is 0 Å². The van der Waals surface area contributed by atoms with Gasteiger partial charge in [-0.1, -0.05) is 54.1 Å². The van der Waals surface area contributed by atoms with E-state index in [1.54, 1.807) is 19.2 Å². The predicted octanol–water partition coefficient (Wildman–Crippen LogP) is 5.57. The maximum absolute atomic E-state index is 13.1. The largest absolute Gasteiger partial charge is 0.489 e. The lowest BCUT2D eigenvalue weighted by Crippen LogP contribution is -2.41. The van der Waals surface area contributed by atoms with Crippen LogP contribution in [0, 0.1) is 5.92 Å². The second-order valence-corrected chi connectivity index (χ2v) is 12.0. The van der Waals surface area contributed by atoms with E-state index in [9.17, 15) is 8.42 Å². The smallest absolute Gasteiger partial charge is 0.242 e. The number of ether oxygens (including phenoxy) is 1. The minimum absolute atomic E-state index is 0.0707. The van der Waals surface area contributed by atoms with Gasteiger partial charge in [0.2, 0.25) is 10.0 Å². The molecule has 0 bridgehead atoms. The van der Waals surface area contributed by atoms with E-state index in [1.165, 1.54) is 17.1 Å². The Kier molecular flexibility index (Phi) is 6.85. The first-order valence-electron chi connectivity index (χ1n) is 12.0. The van der Waals surface area contributed by atoms with Crippen molar-refractivity contribution in [2.45, 2.75) is 43.2 Å². The molecule has 7 heteroatoms. The normalized spacial score (nSPS) is 21.1. The van der Waals surface area contributed by atoms with E-state index in [4.69, 9.17) is 16.3 Å². The molecule has 3 aromatic carbocycles. The Bertz CT molecular complexity index is 1270. The SMILES string of the molecule is CN(CC1CC(Oc2cccc(CN3CCCC3)c2Cl)C1)S(=O)(=O)c1ccc2ccccc2c1. The van der Waals surface area contributed by atoms with Crippen LogP contribution in [0.1, 0.15) is 31.2 Å². The molecule has 0 spiro atoms. The van der Waals surface area contributed by atoms with Gasteiger partial charge >= 0.3 is 0 Å². The lowest BCUT2D eigenvalue weighted by atomic mass is 9.82. The molecule has 5 rings (SSSR count). The van der Waals surface area contributed by atoms with Gasteiger partial charge < -0.3 is 4.74 Å². The van der Waals surface area contributed by atoms with Crippen LogP contribution in [0.15, 0.2) is 65.6 Å². The van der Waals surface area contributed by atoms with Gasteiger partial charge in [0.15, 0.2) is 0 Å². The first-order valence-corrected chi connectivity index (χ1v) is 13.8. The summed E-state index contributed by atoms with van der Waals surface area (Å²) in [5.41, 5.74) is 1.11. The van der Waals surface area contributed by atoms with Gasteiger partial charge in [-0.25, -0.2) is 12.7 Å². The van der Waals surface area contributed by atoms with Gasteiger partial charge in [0.05, 0.1) is 16.0 Å². The third kappa shape index (κ3) is 4.96. The van der Waals surface area contributed by atoms with Crippen molar-refractivity contribution in [3.8, 4) is 5.75 Å². The van der Waals surface area contributed by atoms with Crippen molar-refractivity contribution in [2.24, 2.45) is 5.92 Å². The zero-order valence-electron chi connectivity index (χ0n) is 19.5. The molecule has 0 atom stereocenters. The lowest BCUT2D eigenvalue weighted by molar-refractivity contribution is 0.0575. The molecule has 1 saturated heterocycles. The van der Waals surface area contributed by atoms with Crippen molar-refractivity contribution in [3.05, 3.63) is 71.2 Å². The highest BCUT2D eigenvalue weighted by atomic mass is 35.5. The molecular formula is C27H31ClN2O3S. The quantitative estimate of drug-likeness (QED) is 0.407. The Morgan fingerprint density at radius 1 is 1.00 bits per heavy atom. The van der Waals surface area contributed by atoms with Crippen LogP contribution in [0.5, 0.6) is 5.75 Å². The molecule has 5 nitrogen and oxygen atoms in total. The highest BCUT2D eigenvalue weighted by Gasteiger charge is 2.35. The molecule has 1 aliphatic heterocycles. The van der Waals surface area contributed by atoms with E-state index in [0.717, 1.165) is 54.6 Å². The average molecular weight is 499 g/mol. The van der Waals surface area contributed by atoms with Crippen LogP contribution in [0.25, 0.3) is 10.8 Å². The lowest BCUT2D eigenvalue weighted by Gasteiger charge is -2.37. The summed E-state index contributed by atoms with van der Waals surface area (Å²) in [6.07, 6.45) is 4.22. The summed E-state index contributed by atoms with van der Waals surface area (Å²) in [5.74, 6) is 1.01. The zero-order chi connectivity index (χ0) is 23.7. The van der Waals surface area contributed by atoms with Crippen molar-refractivity contribution in [1.82, 2.24) is 9.21 Å². The Morgan fingerprint density at radius 3 is 2.50 bits per heavy atom. The number of hydrogen-bond donors (Lipinski definition) is 0. The molecule has 0 unspecified atom stereocenters. The summed E-state index contributed by atoms with van der Waals surface area (Å²) in [7, 11) is -1.87. The topological polar surface area (TPSA) is 49.9 Å². The maximum Gasteiger partial charge on any atom is 0.242 e. The van der Waals surface area contributed by atoms with Crippen molar-refractivity contribution in [2.75, 3.05) is 26.7 Å². The summed E-state index contributed by atoms with van der Waals surface area (Å²) in [4.78, 5) is 2.76. The third-order valence-corrected chi connectivity index (χ3v) is 9.31. The predicted molar refractivity (Wildman–Crippen MR) is 137 cm³/mol. The highest BCUT2D eigenvalue weighted by Crippen LogP contribution is 2.37. The molecule has 0 radical (unpaired) electrons. The molecule has 2 fully saturated rings. The van der Waals surface area contributed by atoms with E-state index in [1.807, 2.05) is 42.5 Å². The summed E-state index contributed by atoms with van der Waals surface area (Å²) >= 11 is 6.66. The van der Waals surface area contributed by atoms with Crippen LogP contribution in [0.3, 0.4) is 0 Å². The van der Waals surface area contributed by atoms with Gasteiger partial charge in [-0.2, -0.15) is 0 Å². The molecule has 3 aromatic rings. The number of hydrogen-bond acceptors (Lipinski definition) is 4. The first-order chi connectivity index (χ1) is 16.4. The summed E-state index contributed by atoms with van der Waals surface area (Å²) in [6, 6.07) is 19.1. The molecule has 1 saturated carbocycles. The molecule has 1 heterocycles. The van der Waals surface area contributed by atoms with Crippen LogP contribution < -0.4 is 4.74 Å². The molecule has 0 aromatic heterocycles. The number of likely N-dealkylation sites (tertiary alicyclic amines) is 1. The molecule has 180 valence electrons. The van der Waals surface area contributed by atoms with Crippen LogP contribution in [0.4, 0.5) is 0 Å². The van der Waals surface area contributed by atoms with Crippen LogP contribution >= 0.6 is 11.6 Å². The standard InChI is InChI=1S/C27H31ClN2O3S/c1-29(34(31,32)25-12-11-21-7-2-3-8-22(21)17-25)18-20-15-24(16-20)33-26-10-6-9-23(27(26)28)19-30-13-4-5-14-30/h2-3,6-12,17,20,24H,4-5,13-16,18-19H2,1H3. The molecule has 0 amide bonds. The fourth-order valence-corrected chi connectivity index (χ4v) is 6.53. The number of benzene rings is 3. The Balaban J connectivity index is 1.17. The number of halogens is 1. The number of nitrogens with zero attached hydrogens (tertiary/aromatic N) is 2. The third-order valence-electron chi connectivity index (χ3n) is 7.07. The Hall–Kier alpha value is -2.12.